The van der Waals surface area contributed by atoms with Gasteiger partial charge >= 0.3 is 5.97 Å². The Bertz CT molecular complexity index is 2390. The number of carboxylic acid groups (broad SMARTS) is 1. The molecule has 1 aromatic heterocycles. The Morgan fingerprint density at radius 3 is 2.11 bits per heavy atom. The minimum atomic E-state index is -1.45. The third-order valence-corrected chi connectivity index (χ3v) is 11.9. The summed E-state index contributed by atoms with van der Waals surface area (Å²) in [4.78, 5) is 120. The van der Waals surface area contributed by atoms with Crippen molar-refractivity contribution in [3.05, 3.63) is 71.9 Å². The van der Waals surface area contributed by atoms with E-state index in [1.54, 1.807) is 18.3 Å². The lowest BCUT2D eigenvalue weighted by atomic mass is 10.0. The summed E-state index contributed by atoms with van der Waals surface area (Å²) in [6.45, 7) is 1.53. The second-order valence-electron chi connectivity index (χ2n) is 17.8. The van der Waals surface area contributed by atoms with Gasteiger partial charge in [-0.15, -0.1) is 0 Å². The summed E-state index contributed by atoms with van der Waals surface area (Å²) in [5.41, 5.74) is 30.2. The van der Waals surface area contributed by atoms with Gasteiger partial charge < -0.3 is 81.3 Å². The number of nitrogens with two attached hydrogens (primary N) is 5. The van der Waals surface area contributed by atoms with Crippen LogP contribution in [0, 0.1) is 0 Å². The number of aromatic nitrogens is 1. The Labute approximate surface area is 423 Å². The number of fused-ring (bicyclic) bond motifs is 1. The Kier molecular flexibility index (Phi) is 23.9. The number of rotatable bonds is 18. The number of hydrogen-bond acceptors (Lipinski definition) is 12. The number of nitrogens with zero attached hydrogens (tertiary/aromatic N) is 2. The van der Waals surface area contributed by atoms with Crippen molar-refractivity contribution in [2.75, 3.05) is 32.7 Å². The molecule has 0 radical (unpaired) electrons. The number of amides is 7. The summed E-state index contributed by atoms with van der Waals surface area (Å²) < 4.78 is 0. The maximum Gasteiger partial charge on any atom is 0.326 e. The summed E-state index contributed by atoms with van der Waals surface area (Å²) in [5.74, 6) is -6.32. The largest absolute Gasteiger partial charge is 0.480 e. The van der Waals surface area contributed by atoms with Gasteiger partial charge in [-0.2, -0.15) is 0 Å². The number of benzene rings is 2. The number of para-hydroxylation sites is 1. The van der Waals surface area contributed by atoms with Crippen molar-refractivity contribution in [3.63, 3.8) is 0 Å². The van der Waals surface area contributed by atoms with Gasteiger partial charge in [-0.05, 0) is 81.5 Å². The van der Waals surface area contributed by atoms with Crippen molar-refractivity contribution in [3.8, 4) is 0 Å². The second kappa shape index (κ2) is 30.2. The maximum atomic E-state index is 14.5. The molecule has 0 saturated carbocycles. The first-order valence-corrected chi connectivity index (χ1v) is 24.4. The lowest BCUT2D eigenvalue weighted by Gasteiger charge is -2.28. The fourth-order valence-corrected chi connectivity index (χ4v) is 8.15. The van der Waals surface area contributed by atoms with Crippen LogP contribution in [-0.2, 0) is 51.2 Å². The minimum Gasteiger partial charge on any atom is -0.480 e. The Morgan fingerprint density at radius 1 is 0.767 bits per heavy atom. The van der Waals surface area contributed by atoms with Gasteiger partial charge in [0, 0.05) is 69.1 Å². The zero-order chi connectivity index (χ0) is 53.3. The lowest BCUT2D eigenvalue weighted by Crippen LogP contribution is -2.59. The zero-order valence-corrected chi connectivity index (χ0v) is 41.1. The highest BCUT2D eigenvalue weighted by Gasteiger charge is 2.33. The molecule has 73 heavy (non-hydrogen) atoms. The number of aromatic amines is 1. The van der Waals surface area contributed by atoms with Gasteiger partial charge in [0.15, 0.2) is 11.9 Å². The molecule has 0 spiro atoms. The standard InChI is InChI=1S/C48H72N16O9/c1-28(65)59-34(14-7-22-55-47(50)51)42(68)62-36-17-18-40(66)54-21-9-16-37(46(72)73)63-45(71)39(25-30-26-57-33-13-6-5-12-32(30)33)64-43(69)35(15-8-23-56-48(52)53)61-44(70)38(24-29-10-3-2-4-11-29)58-27-31(19-20-49)60-41(36)67/h2-6,10-13,26,31,34-39,57-58H,7-9,14-25,27,49H2,1H3,(H,54,66)(H,59,65)(H,60,67)(H,61,70)(H,62,68)(H,63,71)(H,64,69)(H,72,73)(H4,50,51,55)(H4,52,53,56)/t31-,34-,35-,36-,37-,38+,39-/m0/s1. The average Bonchev–Trinajstić information content (AvgIpc) is 3.75. The van der Waals surface area contributed by atoms with Gasteiger partial charge in [-0.25, -0.2) is 4.79 Å². The summed E-state index contributed by atoms with van der Waals surface area (Å²) in [7, 11) is 0. The number of guanidine groups is 2. The van der Waals surface area contributed by atoms with E-state index >= 15 is 0 Å². The molecule has 2 aromatic carbocycles. The van der Waals surface area contributed by atoms with Crippen molar-refractivity contribution in [1.29, 1.82) is 0 Å². The highest BCUT2D eigenvalue weighted by atomic mass is 16.4. The van der Waals surface area contributed by atoms with Gasteiger partial charge in [0.1, 0.15) is 30.2 Å². The number of aliphatic carboxylic acids is 1. The highest BCUT2D eigenvalue weighted by molar-refractivity contribution is 5.95. The third kappa shape index (κ3) is 20.5. The van der Waals surface area contributed by atoms with E-state index in [1.807, 2.05) is 42.5 Å². The van der Waals surface area contributed by atoms with Crippen molar-refractivity contribution in [2.24, 2.45) is 38.7 Å². The second-order valence-corrected chi connectivity index (χ2v) is 17.8. The van der Waals surface area contributed by atoms with Gasteiger partial charge in [-0.3, -0.25) is 43.5 Å². The van der Waals surface area contributed by atoms with E-state index in [0.29, 0.717) is 12.0 Å². The van der Waals surface area contributed by atoms with Crippen LogP contribution < -0.4 is 71.2 Å². The quantitative estimate of drug-likeness (QED) is 0.0345. The van der Waals surface area contributed by atoms with E-state index in [0.717, 1.165) is 16.5 Å². The number of carbonyl (C=O) groups is 8. The normalized spacial score (nSPS) is 21.4. The summed E-state index contributed by atoms with van der Waals surface area (Å²) in [6.07, 6.45) is 2.03. The SMILES string of the molecule is CC(=O)N[C@@H](CCCN=C(N)N)C(=O)N[C@H]1CCC(=O)NCCC[C@@H](C(=O)O)NC(=O)[C@H](Cc2c[nH]c3ccccc23)NC(=O)[C@H](CCCN=C(N)N)NC(=O)[C@@H](Cc2ccccc2)NC[C@H](CCN)NC1=O. The molecule has 1 aliphatic heterocycles. The van der Waals surface area contributed by atoms with E-state index in [9.17, 15) is 43.5 Å². The van der Waals surface area contributed by atoms with Crippen LogP contribution in [-0.4, -0.2) is 144 Å². The fraction of sp³-hybridized carbons (Fsp3) is 0.500. The van der Waals surface area contributed by atoms with E-state index in [4.69, 9.17) is 28.7 Å². The molecule has 0 aliphatic carbocycles. The molecule has 1 fully saturated rings. The van der Waals surface area contributed by atoms with Gasteiger partial charge in [0.05, 0.1) is 6.04 Å². The van der Waals surface area contributed by atoms with Crippen LogP contribution in [0.4, 0.5) is 0 Å². The number of nitrogens with one attached hydrogen (secondary N) is 9. The number of aliphatic imine (C=N–C) groups is 2. The van der Waals surface area contributed by atoms with Crippen LogP contribution in [0.15, 0.2) is 70.8 Å². The maximum absolute atomic E-state index is 14.5. The van der Waals surface area contributed by atoms with Gasteiger partial charge in [0.2, 0.25) is 41.4 Å². The molecule has 7 amide bonds. The molecule has 3 aromatic rings. The molecule has 2 heterocycles. The topological polar surface area (TPSA) is 424 Å². The summed E-state index contributed by atoms with van der Waals surface area (Å²) in [5, 5.41) is 33.3. The number of carboxylic acids is 1. The van der Waals surface area contributed by atoms with Crippen LogP contribution in [0.1, 0.15) is 75.8 Å². The average molecular weight is 1020 g/mol. The molecular weight excluding hydrogens is 945 g/mol. The summed E-state index contributed by atoms with van der Waals surface area (Å²) >= 11 is 0. The molecule has 20 N–H and O–H groups in total. The van der Waals surface area contributed by atoms with E-state index in [1.165, 1.54) is 6.92 Å². The fourth-order valence-electron chi connectivity index (χ4n) is 8.15. The highest BCUT2D eigenvalue weighted by Crippen LogP contribution is 2.20. The van der Waals surface area contributed by atoms with Crippen LogP contribution in [0.25, 0.3) is 10.9 Å². The van der Waals surface area contributed by atoms with Crippen LogP contribution in [0.3, 0.4) is 0 Å². The van der Waals surface area contributed by atoms with E-state index < -0.39 is 89.6 Å². The number of carbonyl (C=O) groups excluding carboxylic acids is 7. The first-order valence-electron chi connectivity index (χ1n) is 24.4. The molecule has 1 aliphatic rings. The molecule has 398 valence electrons. The van der Waals surface area contributed by atoms with Gasteiger partial charge in [0.25, 0.3) is 0 Å². The minimum absolute atomic E-state index is 0.00926. The Hall–Kier alpha value is -7.80. The van der Waals surface area contributed by atoms with Gasteiger partial charge in [-0.1, -0.05) is 48.5 Å². The molecule has 1 saturated heterocycles. The van der Waals surface area contributed by atoms with Crippen LogP contribution >= 0.6 is 0 Å². The molecule has 0 bridgehead atoms. The smallest absolute Gasteiger partial charge is 0.326 e. The monoisotopic (exact) mass is 1020 g/mol. The summed E-state index contributed by atoms with van der Waals surface area (Å²) in [6, 6.07) is 8.11. The van der Waals surface area contributed by atoms with Crippen molar-refractivity contribution >= 4 is 70.1 Å². The first kappa shape index (κ1) is 57.8. The Morgan fingerprint density at radius 2 is 1.42 bits per heavy atom. The third-order valence-electron chi connectivity index (χ3n) is 11.9. The van der Waals surface area contributed by atoms with Crippen LogP contribution in [0.2, 0.25) is 0 Å². The number of hydrogen-bond donors (Lipinski definition) is 15. The van der Waals surface area contributed by atoms with Crippen molar-refractivity contribution in [2.45, 2.75) is 120 Å². The molecule has 7 atom stereocenters. The molecule has 4 rings (SSSR count). The predicted molar refractivity (Wildman–Crippen MR) is 274 cm³/mol. The van der Waals surface area contributed by atoms with E-state index in [2.05, 4.69) is 57.5 Å². The van der Waals surface area contributed by atoms with Crippen molar-refractivity contribution < 1.29 is 43.5 Å². The lowest BCUT2D eigenvalue weighted by molar-refractivity contribution is -0.142. The predicted octanol–water partition coefficient (Wildman–Crippen LogP) is -2.93. The molecular formula is C48H72N16O9. The first-order chi connectivity index (χ1) is 34.9. The molecule has 25 nitrogen and oxygen atoms in total. The Balaban J connectivity index is 1.72. The molecule has 25 heteroatoms. The van der Waals surface area contributed by atoms with Crippen molar-refractivity contribution in [1.82, 2.24) is 47.5 Å². The zero-order valence-electron chi connectivity index (χ0n) is 41.1. The van der Waals surface area contributed by atoms with Crippen LogP contribution in [0.5, 0.6) is 0 Å². The number of H-pyrrole nitrogens is 1. The van der Waals surface area contributed by atoms with E-state index in [-0.39, 0.29) is 109 Å². The molecule has 0 unspecified atom stereocenters.